The summed E-state index contributed by atoms with van der Waals surface area (Å²) in [6, 6.07) is 11.8. The summed E-state index contributed by atoms with van der Waals surface area (Å²) in [5, 5.41) is 0.574. The standard InChI is InChI=1S/C19H12ClF3O2/c20-16-3-1-2-13(9-16)8-14-11-17(25-18(14)24)10-12-4-6-15(7-5-12)19(21,22)23/h1-7,9-11H,8H2/b17-10-. The lowest BCUT2D eigenvalue weighted by Crippen LogP contribution is -2.04. The molecule has 1 aliphatic rings. The van der Waals surface area contributed by atoms with E-state index in [-0.39, 0.29) is 0 Å². The van der Waals surface area contributed by atoms with Gasteiger partial charge in [0.05, 0.1) is 5.56 Å². The van der Waals surface area contributed by atoms with E-state index in [1.807, 2.05) is 6.07 Å². The molecule has 0 fully saturated rings. The van der Waals surface area contributed by atoms with Crippen molar-refractivity contribution < 1.29 is 22.7 Å². The lowest BCUT2D eigenvalue weighted by Gasteiger charge is -2.06. The molecular formula is C19H12ClF3O2. The molecule has 0 saturated heterocycles. The predicted molar refractivity (Wildman–Crippen MR) is 88.8 cm³/mol. The molecule has 6 heteroatoms. The van der Waals surface area contributed by atoms with E-state index < -0.39 is 17.7 Å². The van der Waals surface area contributed by atoms with Crippen LogP contribution in [0.3, 0.4) is 0 Å². The van der Waals surface area contributed by atoms with Crippen LogP contribution in [-0.2, 0) is 22.1 Å². The van der Waals surface area contributed by atoms with Crippen LogP contribution in [0.15, 0.2) is 65.9 Å². The van der Waals surface area contributed by atoms with Gasteiger partial charge in [-0.3, -0.25) is 0 Å². The van der Waals surface area contributed by atoms with E-state index >= 15 is 0 Å². The van der Waals surface area contributed by atoms with E-state index in [1.165, 1.54) is 18.2 Å². The first-order valence-corrected chi connectivity index (χ1v) is 7.75. The number of halogens is 4. The van der Waals surface area contributed by atoms with Gasteiger partial charge in [-0.2, -0.15) is 13.2 Å². The van der Waals surface area contributed by atoms with E-state index in [2.05, 4.69) is 0 Å². The number of alkyl halides is 3. The largest absolute Gasteiger partial charge is 0.423 e. The first-order valence-electron chi connectivity index (χ1n) is 7.37. The Labute approximate surface area is 147 Å². The fourth-order valence-corrected chi connectivity index (χ4v) is 2.64. The summed E-state index contributed by atoms with van der Waals surface area (Å²) < 4.78 is 42.8. The minimum atomic E-state index is -4.38. The SMILES string of the molecule is O=C1O/C(=C\c2ccc(C(F)(F)F)cc2)C=C1Cc1cccc(Cl)c1. The van der Waals surface area contributed by atoms with Gasteiger partial charge in [-0.05, 0) is 47.5 Å². The average Bonchev–Trinajstić information content (AvgIpc) is 2.86. The van der Waals surface area contributed by atoms with Gasteiger partial charge in [0, 0.05) is 17.0 Å². The van der Waals surface area contributed by atoms with Crippen molar-refractivity contribution in [3.8, 4) is 0 Å². The van der Waals surface area contributed by atoms with Crippen LogP contribution < -0.4 is 0 Å². The summed E-state index contributed by atoms with van der Waals surface area (Å²) in [6.45, 7) is 0. The lowest BCUT2D eigenvalue weighted by molar-refractivity contribution is -0.137. The maximum absolute atomic E-state index is 12.6. The van der Waals surface area contributed by atoms with Gasteiger partial charge in [0.2, 0.25) is 0 Å². The quantitative estimate of drug-likeness (QED) is 0.679. The van der Waals surface area contributed by atoms with Crippen LogP contribution in [0.4, 0.5) is 13.2 Å². The van der Waals surface area contributed by atoms with Crippen molar-refractivity contribution in [1.29, 1.82) is 0 Å². The number of esters is 1. The molecule has 0 unspecified atom stereocenters. The van der Waals surface area contributed by atoms with Crippen LogP contribution in [0.25, 0.3) is 6.08 Å². The maximum Gasteiger partial charge on any atom is 0.416 e. The smallest absolute Gasteiger partial charge is 0.416 e. The van der Waals surface area contributed by atoms with E-state index in [9.17, 15) is 18.0 Å². The number of hydrogen-bond acceptors (Lipinski definition) is 2. The zero-order chi connectivity index (χ0) is 18.0. The molecule has 1 aliphatic heterocycles. The highest BCUT2D eigenvalue weighted by Gasteiger charge is 2.30. The summed E-state index contributed by atoms with van der Waals surface area (Å²) in [5.74, 6) is -0.181. The van der Waals surface area contributed by atoms with Gasteiger partial charge in [-0.15, -0.1) is 0 Å². The molecule has 1 heterocycles. The molecule has 3 rings (SSSR count). The number of allylic oxidation sites excluding steroid dienone is 1. The highest BCUT2D eigenvalue weighted by Crippen LogP contribution is 2.30. The van der Waals surface area contributed by atoms with Crippen molar-refractivity contribution in [2.75, 3.05) is 0 Å². The molecule has 0 aliphatic carbocycles. The zero-order valence-corrected chi connectivity index (χ0v) is 13.6. The van der Waals surface area contributed by atoms with Crippen molar-refractivity contribution in [2.45, 2.75) is 12.6 Å². The van der Waals surface area contributed by atoms with Gasteiger partial charge in [0.25, 0.3) is 0 Å². The number of carbonyl (C=O) groups is 1. The molecule has 0 spiro atoms. The molecule has 25 heavy (non-hydrogen) atoms. The predicted octanol–water partition coefficient (Wildman–Crippen LogP) is 5.43. The summed E-state index contributed by atoms with van der Waals surface area (Å²) in [5.41, 5.74) is 1.11. The fourth-order valence-electron chi connectivity index (χ4n) is 2.43. The molecule has 128 valence electrons. The first kappa shape index (κ1) is 17.3. The molecule has 0 N–H and O–H groups in total. The van der Waals surface area contributed by atoms with Gasteiger partial charge < -0.3 is 4.74 Å². The number of carbonyl (C=O) groups excluding carboxylic acids is 1. The third kappa shape index (κ3) is 4.31. The van der Waals surface area contributed by atoms with E-state index in [0.717, 1.165) is 17.7 Å². The number of ether oxygens (including phenoxy) is 1. The average molecular weight is 365 g/mol. The Kier molecular flexibility index (Phi) is 4.68. The van der Waals surface area contributed by atoms with Crippen LogP contribution >= 0.6 is 11.6 Å². The summed E-state index contributed by atoms with van der Waals surface area (Å²) >= 11 is 5.92. The molecule has 0 aromatic heterocycles. The highest BCUT2D eigenvalue weighted by atomic mass is 35.5. The number of cyclic esters (lactones) is 1. The second-order valence-corrected chi connectivity index (χ2v) is 5.97. The Hall–Kier alpha value is -2.53. The Bertz CT molecular complexity index is 865. The Balaban J connectivity index is 1.78. The van der Waals surface area contributed by atoms with E-state index in [4.69, 9.17) is 16.3 Å². The van der Waals surface area contributed by atoms with Gasteiger partial charge in [0.15, 0.2) is 0 Å². The van der Waals surface area contributed by atoms with Crippen LogP contribution in [0.1, 0.15) is 16.7 Å². The van der Waals surface area contributed by atoms with Crippen LogP contribution in [0.5, 0.6) is 0 Å². The minimum absolute atomic E-state index is 0.293. The third-order valence-electron chi connectivity index (χ3n) is 3.62. The molecule has 0 amide bonds. The topological polar surface area (TPSA) is 26.3 Å². The van der Waals surface area contributed by atoms with Crippen molar-refractivity contribution in [2.24, 2.45) is 0 Å². The normalized spacial score (nSPS) is 16.1. The molecule has 2 nitrogen and oxygen atoms in total. The first-order chi connectivity index (χ1) is 11.8. The number of rotatable bonds is 3. The highest BCUT2D eigenvalue weighted by molar-refractivity contribution is 6.30. The molecular weight excluding hydrogens is 353 g/mol. The second-order valence-electron chi connectivity index (χ2n) is 5.53. The van der Waals surface area contributed by atoms with Gasteiger partial charge in [-0.1, -0.05) is 35.9 Å². The van der Waals surface area contributed by atoms with E-state index in [0.29, 0.717) is 28.3 Å². The maximum atomic E-state index is 12.6. The molecule has 2 aromatic carbocycles. The number of hydrogen-bond donors (Lipinski definition) is 0. The Morgan fingerprint density at radius 2 is 1.80 bits per heavy atom. The molecule has 2 aromatic rings. The number of benzene rings is 2. The van der Waals surface area contributed by atoms with Gasteiger partial charge >= 0.3 is 12.1 Å². The van der Waals surface area contributed by atoms with Crippen molar-refractivity contribution in [1.82, 2.24) is 0 Å². The van der Waals surface area contributed by atoms with Crippen molar-refractivity contribution in [3.05, 3.63) is 87.7 Å². The van der Waals surface area contributed by atoms with Crippen molar-refractivity contribution in [3.63, 3.8) is 0 Å². The summed E-state index contributed by atoms with van der Waals surface area (Å²) in [7, 11) is 0. The van der Waals surface area contributed by atoms with Gasteiger partial charge in [0.1, 0.15) is 5.76 Å². The third-order valence-corrected chi connectivity index (χ3v) is 3.85. The summed E-state index contributed by atoms with van der Waals surface area (Å²) in [4.78, 5) is 11.9. The minimum Gasteiger partial charge on any atom is -0.423 e. The molecule has 0 atom stereocenters. The molecule has 0 bridgehead atoms. The lowest BCUT2D eigenvalue weighted by atomic mass is 10.1. The zero-order valence-electron chi connectivity index (χ0n) is 12.8. The summed E-state index contributed by atoms with van der Waals surface area (Å²) in [6.07, 6.45) is -0.913. The molecule has 0 radical (unpaired) electrons. The molecule has 0 saturated carbocycles. The Morgan fingerprint density at radius 1 is 1.08 bits per heavy atom. The second kappa shape index (κ2) is 6.76. The Morgan fingerprint density at radius 3 is 2.44 bits per heavy atom. The van der Waals surface area contributed by atoms with Gasteiger partial charge in [-0.25, -0.2) is 4.79 Å². The monoisotopic (exact) mass is 364 g/mol. The fraction of sp³-hybridized carbons (Fsp3) is 0.105. The van der Waals surface area contributed by atoms with Crippen LogP contribution in [0.2, 0.25) is 5.02 Å². The van der Waals surface area contributed by atoms with Crippen LogP contribution in [-0.4, -0.2) is 5.97 Å². The van der Waals surface area contributed by atoms with Crippen molar-refractivity contribution >= 4 is 23.6 Å². The van der Waals surface area contributed by atoms with Crippen LogP contribution in [0, 0.1) is 0 Å². The van der Waals surface area contributed by atoms with E-state index in [1.54, 1.807) is 24.3 Å².